The zero-order valence-corrected chi connectivity index (χ0v) is 17.8. The number of unbranched alkanes of at least 4 members (excludes halogenated alkanes) is 2. The van der Waals surface area contributed by atoms with E-state index in [1.165, 1.54) is 16.7 Å². The number of nitrogens with zero attached hydrogens (tertiary/aromatic N) is 1. The van der Waals surface area contributed by atoms with Gasteiger partial charge in [0.2, 0.25) is 5.91 Å². The summed E-state index contributed by atoms with van der Waals surface area (Å²) in [4.78, 5) is 37.0. The highest BCUT2D eigenvalue weighted by Gasteiger charge is 2.32. The normalized spacial score (nSPS) is 15.1. The van der Waals surface area contributed by atoms with Gasteiger partial charge in [0.15, 0.2) is 0 Å². The molecule has 2 amide bonds. The fourth-order valence-corrected chi connectivity index (χ4v) is 3.96. The number of methoxy groups -OCH3 is 1. The van der Waals surface area contributed by atoms with Gasteiger partial charge in [-0.25, -0.2) is 0 Å². The van der Waals surface area contributed by atoms with E-state index in [2.05, 4.69) is 5.32 Å². The second kappa shape index (κ2) is 11.6. The third kappa shape index (κ3) is 7.51. The summed E-state index contributed by atoms with van der Waals surface area (Å²) in [6, 6.07) is 7.35. The molecule has 1 saturated heterocycles. The number of thiocarbonyl (C=S) groups is 1. The highest BCUT2D eigenvalue weighted by Crippen LogP contribution is 2.32. The Morgan fingerprint density at radius 2 is 1.93 bits per heavy atom. The highest BCUT2D eigenvalue weighted by atomic mass is 32.2. The lowest BCUT2D eigenvalue weighted by atomic mass is 10.2. The van der Waals surface area contributed by atoms with Gasteiger partial charge in [-0.05, 0) is 36.6 Å². The van der Waals surface area contributed by atoms with Gasteiger partial charge >= 0.3 is 5.97 Å². The third-order valence-corrected chi connectivity index (χ3v) is 5.62. The first-order valence-electron chi connectivity index (χ1n) is 9.28. The summed E-state index contributed by atoms with van der Waals surface area (Å²) in [7, 11) is 1.59. The average Bonchev–Trinajstić information content (AvgIpc) is 2.96. The maximum Gasteiger partial charge on any atom is 0.303 e. The molecule has 0 aliphatic carbocycles. The molecule has 2 rings (SSSR count). The number of aliphatic carboxylic acids is 1. The summed E-state index contributed by atoms with van der Waals surface area (Å²) in [5, 5.41) is 11.4. The summed E-state index contributed by atoms with van der Waals surface area (Å²) in [6.45, 7) is 0.726. The lowest BCUT2D eigenvalue weighted by Gasteiger charge is -2.14. The van der Waals surface area contributed by atoms with Crippen LogP contribution in [0, 0.1) is 0 Å². The van der Waals surface area contributed by atoms with Gasteiger partial charge in [0.25, 0.3) is 5.91 Å². The molecule has 0 radical (unpaired) electrons. The highest BCUT2D eigenvalue weighted by molar-refractivity contribution is 8.26. The number of amides is 2. The Balaban J connectivity index is 1.77. The van der Waals surface area contributed by atoms with Crippen LogP contribution in [0.3, 0.4) is 0 Å². The van der Waals surface area contributed by atoms with Crippen LogP contribution >= 0.6 is 24.0 Å². The average molecular weight is 437 g/mol. The third-order valence-electron chi connectivity index (χ3n) is 4.24. The van der Waals surface area contributed by atoms with Crippen molar-refractivity contribution in [2.75, 3.05) is 20.2 Å². The van der Waals surface area contributed by atoms with E-state index in [0.717, 1.165) is 24.2 Å². The molecule has 7 nitrogen and oxygen atoms in total. The van der Waals surface area contributed by atoms with Crippen LogP contribution in [0.1, 0.15) is 37.7 Å². The van der Waals surface area contributed by atoms with E-state index in [1.807, 2.05) is 24.3 Å². The Bertz CT molecular complexity index is 793. The van der Waals surface area contributed by atoms with Gasteiger partial charge in [0.05, 0.1) is 12.0 Å². The van der Waals surface area contributed by atoms with Crippen LogP contribution in [0.4, 0.5) is 0 Å². The first-order valence-corrected chi connectivity index (χ1v) is 10.5. The number of ether oxygens (including phenoxy) is 1. The number of carboxylic acid groups (broad SMARTS) is 1. The van der Waals surface area contributed by atoms with Crippen molar-refractivity contribution in [1.82, 2.24) is 10.2 Å². The molecule has 2 N–H and O–H groups in total. The lowest BCUT2D eigenvalue weighted by molar-refractivity contribution is -0.137. The number of hydrogen-bond acceptors (Lipinski definition) is 6. The molecule has 1 aliphatic rings. The van der Waals surface area contributed by atoms with E-state index < -0.39 is 5.97 Å². The Kier molecular flexibility index (Phi) is 9.14. The first kappa shape index (κ1) is 22.9. The zero-order valence-electron chi connectivity index (χ0n) is 16.2. The number of rotatable bonds is 11. The molecule has 1 aromatic rings. The van der Waals surface area contributed by atoms with E-state index in [-0.39, 0.29) is 31.2 Å². The number of carbonyl (C=O) groups excluding carboxylic acids is 2. The molecule has 1 heterocycles. The molecular formula is C20H24N2O5S2. The second-order valence-corrected chi connectivity index (χ2v) is 8.09. The van der Waals surface area contributed by atoms with Crippen molar-refractivity contribution in [1.29, 1.82) is 0 Å². The minimum Gasteiger partial charge on any atom is -0.497 e. The van der Waals surface area contributed by atoms with Gasteiger partial charge in [0.1, 0.15) is 10.1 Å². The molecule has 156 valence electrons. The lowest BCUT2D eigenvalue weighted by Crippen LogP contribution is -2.33. The summed E-state index contributed by atoms with van der Waals surface area (Å²) in [5.41, 5.74) is 0.868. The fraction of sp³-hybridized carbons (Fsp3) is 0.400. The van der Waals surface area contributed by atoms with Gasteiger partial charge < -0.3 is 15.2 Å². The summed E-state index contributed by atoms with van der Waals surface area (Å²) < 4.78 is 5.56. The molecule has 1 aliphatic heterocycles. The monoisotopic (exact) mass is 436 g/mol. The standard InChI is InChI=1S/C20H24N2O5S2/c1-27-15-8-6-14(7-9-15)13-16-19(26)22(20(28)29-16)12-10-17(23)21-11-4-2-3-5-18(24)25/h6-9,13H,2-5,10-12H2,1H3,(H,21,23)(H,24,25). The van der Waals surface area contributed by atoms with E-state index >= 15 is 0 Å². The van der Waals surface area contributed by atoms with E-state index in [4.69, 9.17) is 22.1 Å². The zero-order chi connectivity index (χ0) is 21.2. The van der Waals surface area contributed by atoms with Gasteiger partial charge in [-0.2, -0.15) is 0 Å². The first-order chi connectivity index (χ1) is 13.9. The van der Waals surface area contributed by atoms with Crippen LogP contribution in [-0.2, 0) is 14.4 Å². The van der Waals surface area contributed by atoms with E-state index in [0.29, 0.717) is 22.2 Å². The van der Waals surface area contributed by atoms with Crippen LogP contribution in [0.2, 0.25) is 0 Å². The van der Waals surface area contributed by atoms with Crippen molar-refractivity contribution in [3.8, 4) is 5.75 Å². The molecule has 0 atom stereocenters. The predicted octanol–water partition coefficient (Wildman–Crippen LogP) is 3.05. The second-order valence-electron chi connectivity index (χ2n) is 6.41. The summed E-state index contributed by atoms with van der Waals surface area (Å²) >= 11 is 6.51. The number of benzene rings is 1. The maximum absolute atomic E-state index is 12.6. The number of nitrogens with one attached hydrogen (secondary N) is 1. The summed E-state index contributed by atoms with van der Waals surface area (Å²) in [6.07, 6.45) is 4.16. The minimum atomic E-state index is -0.807. The molecule has 9 heteroatoms. The van der Waals surface area contributed by atoms with Gasteiger partial charge in [-0.3, -0.25) is 19.3 Å². The fourth-order valence-electron chi connectivity index (χ4n) is 2.65. The van der Waals surface area contributed by atoms with Crippen molar-refractivity contribution in [2.24, 2.45) is 0 Å². The molecule has 0 unspecified atom stereocenters. The van der Waals surface area contributed by atoms with Gasteiger partial charge in [0, 0.05) is 25.9 Å². The Hall–Kier alpha value is -2.39. The Labute approximate surface area is 179 Å². The van der Waals surface area contributed by atoms with E-state index in [9.17, 15) is 14.4 Å². The smallest absolute Gasteiger partial charge is 0.303 e. The van der Waals surface area contributed by atoms with Crippen LogP contribution < -0.4 is 10.1 Å². The van der Waals surface area contributed by atoms with Crippen LogP contribution in [0.5, 0.6) is 5.75 Å². The quantitative estimate of drug-likeness (QED) is 0.313. The van der Waals surface area contributed by atoms with E-state index in [1.54, 1.807) is 13.2 Å². The maximum atomic E-state index is 12.6. The SMILES string of the molecule is COc1ccc(C=C2SC(=S)N(CCC(=O)NCCCCCC(=O)O)C2=O)cc1. The van der Waals surface area contributed by atoms with Gasteiger partial charge in [-0.15, -0.1) is 0 Å². The number of thioether (sulfide) groups is 1. The minimum absolute atomic E-state index is 0.145. The molecule has 29 heavy (non-hydrogen) atoms. The predicted molar refractivity (Wildman–Crippen MR) is 117 cm³/mol. The molecule has 0 aromatic heterocycles. The van der Waals surface area contributed by atoms with Crippen LogP contribution in [0.25, 0.3) is 6.08 Å². The van der Waals surface area contributed by atoms with Gasteiger partial charge in [-0.1, -0.05) is 42.5 Å². The van der Waals surface area contributed by atoms with Crippen molar-refractivity contribution >= 4 is 52.2 Å². The molecule has 0 saturated carbocycles. The number of carbonyl (C=O) groups is 3. The van der Waals surface area contributed by atoms with Crippen molar-refractivity contribution in [2.45, 2.75) is 32.1 Å². The Morgan fingerprint density at radius 3 is 2.59 bits per heavy atom. The Morgan fingerprint density at radius 1 is 1.21 bits per heavy atom. The molecular weight excluding hydrogens is 412 g/mol. The molecule has 0 spiro atoms. The van der Waals surface area contributed by atoms with Crippen molar-refractivity contribution in [3.63, 3.8) is 0 Å². The number of carboxylic acids is 1. The molecule has 1 aromatic carbocycles. The number of hydrogen-bond donors (Lipinski definition) is 2. The van der Waals surface area contributed by atoms with Crippen molar-refractivity contribution in [3.05, 3.63) is 34.7 Å². The topological polar surface area (TPSA) is 95.9 Å². The van der Waals surface area contributed by atoms with Crippen molar-refractivity contribution < 1.29 is 24.2 Å². The largest absolute Gasteiger partial charge is 0.497 e. The molecule has 0 bridgehead atoms. The van der Waals surface area contributed by atoms with Crippen LogP contribution in [0.15, 0.2) is 29.2 Å². The molecule has 1 fully saturated rings. The van der Waals surface area contributed by atoms with Crippen LogP contribution in [-0.4, -0.2) is 52.3 Å². The summed E-state index contributed by atoms with van der Waals surface area (Å²) in [5.74, 6) is -0.421.